The Hall–Kier alpha value is -1.71. The lowest BCUT2D eigenvalue weighted by Gasteiger charge is -2.35. The molecule has 1 atom stereocenters. The number of phenols is 1. The number of aromatic hydroxyl groups is 1. The molecule has 0 saturated carbocycles. The highest BCUT2D eigenvalue weighted by atomic mass is 16.3. The van der Waals surface area contributed by atoms with Gasteiger partial charge >= 0.3 is 0 Å². The van der Waals surface area contributed by atoms with Gasteiger partial charge in [0.2, 0.25) is 0 Å². The van der Waals surface area contributed by atoms with Gasteiger partial charge in [0.15, 0.2) is 0 Å². The Kier molecular flexibility index (Phi) is 3.89. The van der Waals surface area contributed by atoms with Gasteiger partial charge in [0.25, 0.3) is 5.91 Å². The van der Waals surface area contributed by atoms with E-state index in [0.29, 0.717) is 5.56 Å². The second kappa shape index (κ2) is 4.88. The van der Waals surface area contributed by atoms with Gasteiger partial charge in [-0.25, -0.2) is 0 Å². The normalized spacial score (nSPS) is 13.2. The van der Waals surface area contributed by atoms with E-state index in [1.807, 2.05) is 6.92 Å². The molecule has 0 bridgehead atoms. The summed E-state index contributed by atoms with van der Waals surface area (Å²) < 4.78 is 0. The first-order chi connectivity index (χ1) is 8.14. The van der Waals surface area contributed by atoms with Gasteiger partial charge in [0.05, 0.1) is 5.69 Å². The number of hydrogen-bond acceptors (Lipinski definition) is 3. The number of nitrogen functional groups attached to an aromatic ring is 1. The number of hydrogen-bond donors (Lipinski definition) is 2. The first-order valence-corrected chi connectivity index (χ1v) is 6.00. The van der Waals surface area contributed by atoms with Crippen LogP contribution in [0.15, 0.2) is 18.2 Å². The molecule has 0 aliphatic rings. The molecule has 1 unspecified atom stereocenters. The Balaban J connectivity index is 2.97. The van der Waals surface area contributed by atoms with Crippen molar-refractivity contribution in [3.05, 3.63) is 23.8 Å². The van der Waals surface area contributed by atoms with Crippen LogP contribution in [0.25, 0.3) is 0 Å². The number of carbonyl (C=O) groups is 1. The molecule has 1 aromatic rings. The maximum absolute atomic E-state index is 12.3. The first-order valence-electron chi connectivity index (χ1n) is 6.00. The molecule has 0 aliphatic carbocycles. The summed E-state index contributed by atoms with van der Waals surface area (Å²) in [5.74, 6) is -0.176. The monoisotopic (exact) mass is 250 g/mol. The molecule has 18 heavy (non-hydrogen) atoms. The largest absolute Gasteiger partial charge is 0.506 e. The zero-order valence-corrected chi connectivity index (χ0v) is 11.7. The van der Waals surface area contributed by atoms with Crippen molar-refractivity contribution in [3.63, 3.8) is 0 Å². The summed E-state index contributed by atoms with van der Waals surface area (Å²) >= 11 is 0. The number of phenolic OH excluding ortho intramolecular Hbond substituents is 1. The predicted octanol–water partition coefficient (Wildman–Crippen LogP) is 2.48. The van der Waals surface area contributed by atoms with Gasteiger partial charge in [0.1, 0.15) is 5.75 Å². The Bertz CT molecular complexity index is 450. The zero-order valence-electron chi connectivity index (χ0n) is 11.7. The van der Waals surface area contributed by atoms with Crippen LogP contribution in [0.4, 0.5) is 5.69 Å². The minimum atomic E-state index is -0.118. The van der Waals surface area contributed by atoms with Gasteiger partial charge in [0, 0.05) is 18.7 Å². The Morgan fingerprint density at radius 2 is 1.94 bits per heavy atom. The molecule has 0 radical (unpaired) electrons. The minimum absolute atomic E-state index is 0.000261. The van der Waals surface area contributed by atoms with E-state index >= 15 is 0 Å². The summed E-state index contributed by atoms with van der Waals surface area (Å²) in [5, 5.41) is 9.53. The smallest absolute Gasteiger partial charge is 0.253 e. The van der Waals surface area contributed by atoms with Crippen LogP contribution in [0.3, 0.4) is 0 Å². The quantitative estimate of drug-likeness (QED) is 0.626. The van der Waals surface area contributed by atoms with Gasteiger partial charge in [-0.1, -0.05) is 20.8 Å². The minimum Gasteiger partial charge on any atom is -0.506 e. The van der Waals surface area contributed by atoms with Crippen molar-refractivity contribution in [2.24, 2.45) is 5.41 Å². The molecule has 0 saturated heterocycles. The highest BCUT2D eigenvalue weighted by Gasteiger charge is 2.27. The molecular weight excluding hydrogens is 228 g/mol. The van der Waals surface area contributed by atoms with E-state index in [1.54, 1.807) is 18.0 Å². The molecule has 3 N–H and O–H groups in total. The second-order valence-electron chi connectivity index (χ2n) is 5.73. The number of carbonyl (C=O) groups excluding carboxylic acids is 1. The van der Waals surface area contributed by atoms with Gasteiger partial charge in [-0.15, -0.1) is 0 Å². The molecular formula is C14H22N2O2. The fourth-order valence-corrected chi connectivity index (χ4v) is 1.64. The van der Waals surface area contributed by atoms with Crippen molar-refractivity contribution in [1.82, 2.24) is 4.90 Å². The van der Waals surface area contributed by atoms with Crippen LogP contribution in [0.2, 0.25) is 0 Å². The molecule has 0 spiro atoms. The number of rotatable bonds is 2. The number of amides is 1. The maximum Gasteiger partial charge on any atom is 0.253 e. The Morgan fingerprint density at radius 1 is 1.39 bits per heavy atom. The molecule has 0 fully saturated rings. The third kappa shape index (κ3) is 2.94. The summed E-state index contributed by atoms with van der Waals surface area (Å²) in [6, 6.07) is 4.66. The summed E-state index contributed by atoms with van der Waals surface area (Å²) in [6.45, 7) is 8.26. The van der Waals surface area contributed by atoms with Crippen LogP contribution in [0.5, 0.6) is 5.75 Å². The summed E-state index contributed by atoms with van der Waals surface area (Å²) in [4.78, 5) is 14.0. The van der Waals surface area contributed by atoms with Gasteiger partial charge in [-0.2, -0.15) is 0 Å². The average Bonchev–Trinajstić information content (AvgIpc) is 2.28. The third-order valence-corrected chi connectivity index (χ3v) is 3.43. The van der Waals surface area contributed by atoms with E-state index in [1.165, 1.54) is 12.1 Å². The van der Waals surface area contributed by atoms with Crippen molar-refractivity contribution in [2.75, 3.05) is 12.8 Å². The molecule has 1 rings (SSSR count). The van der Waals surface area contributed by atoms with Crippen LogP contribution in [-0.4, -0.2) is 29.0 Å². The van der Waals surface area contributed by atoms with Crippen molar-refractivity contribution in [3.8, 4) is 5.75 Å². The lowest BCUT2D eigenvalue weighted by Crippen LogP contribution is -2.42. The fourth-order valence-electron chi connectivity index (χ4n) is 1.64. The lowest BCUT2D eigenvalue weighted by atomic mass is 9.87. The van der Waals surface area contributed by atoms with E-state index < -0.39 is 0 Å². The number of nitrogens with zero attached hydrogens (tertiary/aromatic N) is 1. The number of anilines is 1. The van der Waals surface area contributed by atoms with Crippen LogP contribution in [-0.2, 0) is 0 Å². The zero-order chi connectivity index (χ0) is 14.1. The highest BCUT2D eigenvalue weighted by molar-refractivity contribution is 5.95. The standard InChI is InChI=1S/C14H22N2O2/c1-9(14(2,3)4)16(5)13(18)10-6-7-11(15)12(17)8-10/h6-9,17H,15H2,1-5H3. The van der Waals surface area contributed by atoms with Crippen molar-refractivity contribution in [2.45, 2.75) is 33.7 Å². The molecule has 0 heterocycles. The molecule has 4 heteroatoms. The van der Waals surface area contributed by atoms with Crippen LogP contribution in [0, 0.1) is 5.41 Å². The van der Waals surface area contributed by atoms with Gasteiger partial charge in [-0.3, -0.25) is 4.79 Å². The van der Waals surface area contributed by atoms with E-state index in [-0.39, 0.29) is 28.8 Å². The maximum atomic E-state index is 12.3. The molecule has 100 valence electrons. The van der Waals surface area contributed by atoms with E-state index in [0.717, 1.165) is 0 Å². The van der Waals surface area contributed by atoms with Crippen LogP contribution in [0.1, 0.15) is 38.1 Å². The number of nitrogens with two attached hydrogens (primary N) is 1. The average molecular weight is 250 g/mol. The Morgan fingerprint density at radius 3 is 2.39 bits per heavy atom. The molecule has 1 aromatic carbocycles. The molecule has 0 aliphatic heterocycles. The van der Waals surface area contributed by atoms with Crippen molar-refractivity contribution < 1.29 is 9.90 Å². The second-order valence-corrected chi connectivity index (χ2v) is 5.73. The lowest BCUT2D eigenvalue weighted by molar-refractivity contribution is 0.0629. The van der Waals surface area contributed by atoms with Crippen molar-refractivity contribution >= 4 is 11.6 Å². The summed E-state index contributed by atoms with van der Waals surface area (Å²) in [7, 11) is 1.77. The van der Waals surface area contributed by atoms with Crippen LogP contribution >= 0.6 is 0 Å². The predicted molar refractivity (Wildman–Crippen MR) is 73.5 cm³/mol. The third-order valence-electron chi connectivity index (χ3n) is 3.43. The first kappa shape index (κ1) is 14.4. The molecule has 1 amide bonds. The highest BCUT2D eigenvalue weighted by Crippen LogP contribution is 2.26. The summed E-state index contributed by atoms with van der Waals surface area (Å²) in [6.07, 6.45) is 0. The SMILES string of the molecule is CC(N(C)C(=O)c1ccc(N)c(O)c1)C(C)(C)C. The summed E-state index contributed by atoms with van der Waals surface area (Å²) in [5.41, 5.74) is 6.24. The van der Waals surface area contributed by atoms with Crippen molar-refractivity contribution in [1.29, 1.82) is 0 Å². The van der Waals surface area contributed by atoms with E-state index in [9.17, 15) is 9.90 Å². The Labute approximate surface area is 108 Å². The molecule has 4 nitrogen and oxygen atoms in total. The number of benzene rings is 1. The topological polar surface area (TPSA) is 66.6 Å². The van der Waals surface area contributed by atoms with Crippen LogP contribution < -0.4 is 5.73 Å². The van der Waals surface area contributed by atoms with E-state index in [2.05, 4.69) is 20.8 Å². The van der Waals surface area contributed by atoms with E-state index in [4.69, 9.17) is 5.73 Å². The van der Waals surface area contributed by atoms with Gasteiger partial charge in [-0.05, 0) is 30.5 Å². The van der Waals surface area contributed by atoms with Gasteiger partial charge < -0.3 is 15.7 Å². The molecule has 0 aromatic heterocycles. The fraction of sp³-hybridized carbons (Fsp3) is 0.500.